The van der Waals surface area contributed by atoms with Crippen LogP contribution in [-0.4, -0.2) is 53.7 Å². The minimum absolute atomic E-state index is 0.153. The van der Waals surface area contributed by atoms with Gasteiger partial charge in [0.2, 0.25) is 10.0 Å². The molecule has 1 fully saturated rings. The molecule has 1 aliphatic heterocycles. The first kappa shape index (κ1) is 22.2. The molecule has 1 saturated heterocycles. The zero-order valence-corrected chi connectivity index (χ0v) is 19.0. The van der Waals surface area contributed by atoms with Crippen molar-refractivity contribution < 1.29 is 17.9 Å². The summed E-state index contributed by atoms with van der Waals surface area (Å²) < 4.78 is 34.7. The highest BCUT2D eigenvalue weighted by Gasteiger charge is 2.32. The van der Waals surface area contributed by atoms with Crippen LogP contribution in [0.2, 0.25) is 0 Å². The first-order chi connectivity index (χ1) is 15.2. The molecule has 1 amide bonds. The van der Waals surface area contributed by atoms with E-state index in [1.165, 1.54) is 28.6 Å². The number of nitrogens with zero attached hydrogens (tertiary/aromatic N) is 3. The van der Waals surface area contributed by atoms with Crippen LogP contribution in [0.5, 0.6) is 0 Å². The van der Waals surface area contributed by atoms with Crippen molar-refractivity contribution in [1.29, 1.82) is 0 Å². The Morgan fingerprint density at radius 2 is 1.66 bits per heavy atom. The largest absolute Gasteiger partial charge is 0.373 e. The number of carbonyl (C=O) groups is 1. The smallest absolute Gasteiger partial charge is 0.256 e. The second-order valence-corrected chi connectivity index (χ2v) is 9.91. The van der Waals surface area contributed by atoms with Crippen LogP contribution in [0.1, 0.15) is 29.9 Å². The summed E-state index contributed by atoms with van der Waals surface area (Å²) in [5.41, 5.74) is 1.94. The number of hydrogen-bond donors (Lipinski definition) is 1. The molecule has 32 heavy (non-hydrogen) atoms. The summed E-state index contributed by atoms with van der Waals surface area (Å²) in [6, 6.07) is 17.3. The Morgan fingerprint density at radius 3 is 2.28 bits per heavy atom. The predicted molar refractivity (Wildman–Crippen MR) is 121 cm³/mol. The van der Waals surface area contributed by atoms with Gasteiger partial charge in [0.25, 0.3) is 5.91 Å². The van der Waals surface area contributed by atoms with E-state index < -0.39 is 10.0 Å². The van der Waals surface area contributed by atoms with Crippen molar-refractivity contribution in [2.24, 2.45) is 0 Å². The monoisotopic (exact) mass is 454 g/mol. The zero-order chi connectivity index (χ0) is 22.9. The van der Waals surface area contributed by atoms with Gasteiger partial charge in [-0.05, 0) is 57.2 Å². The minimum atomic E-state index is -3.66. The lowest BCUT2D eigenvalue weighted by Crippen LogP contribution is -2.48. The van der Waals surface area contributed by atoms with E-state index in [4.69, 9.17) is 4.74 Å². The Bertz CT molecular complexity index is 1200. The van der Waals surface area contributed by atoms with E-state index >= 15 is 0 Å². The van der Waals surface area contributed by atoms with Crippen molar-refractivity contribution in [3.05, 3.63) is 71.9 Å². The van der Waals surface area contributed by atoms with Crippen molar-refractivity contribution in [2.75, 3.05) is 18.4 Å². The molecule has 1 N–H and O–H groups in total. The van der Waals surface area contributed by atoms with Crippen LogP contribution >= 0.6 is 0 Å². The number of hydrogen-bond acceptors (Lipinski definition) is 5. The molecule has 3 aromatic rings. The van der Waals surface area contributed by atoms with Gasteiger partial charge in [0, 0.05) is 24.7 Å². The molecule has 2 aromatic carbocycles. The highest BCUT2D eigenvalue weighted by molar-refractivity contribution is 7.89. The number of aromatic nitrogens is 2. The molecule has 0 aliphatic carbocycles. The number of amides is 1. The van der Waals surface area contributed by atoms with Gasteiger partial charge in [0.1, 0.15) is 5.82 Å². The van der Waals surface area contributed by atoms with Gasteiger partial charge in [-0.15, -0.1) is 0 Å². The van der Waals surface area contributed by atoms with Gasteiger partial charge in [0.05, 0.1) is 28.5 Å². The molecular weight excluding hydrogens is 428 g/mol. The Hall–Kier alpha value is -3.01. The van der Waals surface area contributed by atoms with E-state index in [1.807, 2.05) is 51.1 Å². The van der Waals surface area contributed by atoms with Crippen LogP contribution in [0.3, 0.4) is 0 Å². The highest BCUT2D eigenvalue weighted by Crippen LogP contribution is 2.22. The predicted octanol–water partition coefficient (Wildman–Crippen LogP) is 3.23. The molecule has 8 nitrogen and oxygen atoms in total. The molecule has 1 aliphatic rings. The third kappa shape index (κ3) is 4.59. The fraction of sp³-hybridized carbons (Fsp3) is 0.304. The molecule has 2 unspecified atom stereocenters. The molecule has 0 saturated carbocycles. The Balaban J connectivity index is 1.52. The van der Waals surface area contributed by atoms with Gasteiger partial charge in [-0.1, -0.05) is 18.2 Å². The molecule has 2 atom stereocenters. The average Bonchev–Trinajstić information content (AvgIpc) is 3.13. The molecule has 0 bridgehead atoms. The maximum Gasteiger partial charge on any atom is 0.256 e. The van der Waals surface area contributed by atoms with Crippen LogP contribution in [0, 0.1) is 6.92 Å². The second kappa shape index (κ2) is 8.85. The third-order valence-corrected chi connectivity index (χ3v) is 7.06. The van der Waals surface area contributed by atoms with Gasteiger partial charge in [0.15, 0.2) is 0 Å². The standard InChI is InChI=1S/C23H26N4O4S/c1-16-13-22(27(25-16)20-7-5-4-6-8-20)24-23(28)19-9-11-21(12-10-19)32(29,30)26-14-17(2)31-18(3)15-26/h4-13,17-18H,14-15H2,1-3H3,(H,24,28). The van der Waals surface area contributed by atoms with E-state index in [2.05, 4.69) is 10.4 Å². The van der Waals surface area contributed by atoms with E-state index in [-0.39, 0.29) is 23.0 Å². The Labute approximate surface area is 187 Å². The van der Waals surface area contributed by atoms with Crippen molar-refractivity contribution in [1.82, 2.24) is 14.1 Å². The Kier molecular flexibility index (Phi) is 6.14. The van der Waals surface area contributed by atoms with E-state index in [9.17, 15) is 13.2 Å². The molecule has 168 valence electrons. The van der Waals surface area contributed by atoms with Crippen LogP contribution in [-0.2, 0) is 14.8 Å². The first-order valence-corrected chi connectivity index (χ1v) is 11.9. The lowest BCUT2D eigenvalue weighted by Gasteiger charge is -2.34. The minimum Gasteiger partial charge on any atom is -0.373 e. The first-order valence-electron chi connectivity index (χ1n) is 10.4. The van der Waals surface area contributed by atoms with E-state index in [0.29, 0.717) is 24.5 Å². The van der Waals surface area contributed by atoms with E-state index in [1.54, 1.807) is 10.7 Å². The summed E-state index contributed by atoms with van der Waals surface area (Å²) in [4.78, 5) is 13.0. The summed E-state index contributed by atoms with van der Waals surface area (Å²) in [5, 5.41) is 7.31. The number of nitrogens with one attached hydrogen (secondary N) is 1. The number of anilines is 1. The van der Waals surface area contributed by atoms with Crippen LogP contribution < -0.4 is 5.32 Å². The molecule has 2 heterocycles. The normalized spacial score (nSPS) is 19.6. The fourth-order valence-corrected chi connectivity index (χ4v) is 5.39. The molecule has 0 radical (unpaired) electrons. The molecule has 1 aromatic heterocycles. The van der Waals surface area contributed by atoms with Crippen molar-refractivity contribution in [3.8, 4) is 5.69 Å². The topological polar surface area (TPSA) is 93.5 Å². The summed E-state index contributed by atoms with van der Waals surface area (Å²) in [6.07, 6.45) is -0.340. The number of morpholine rings is 1. The molecular formula is C23H26N4O4S. The molecule has 0 spiro atoms. The molecule has 9 heteroatoms. The third-order valence-electron chi connectivity index (χ3n) is 5.21. The summed E-state index contributed by atoms with van der Waals surface area (Å²) in [5.74, 6) is 0.186. The summed E-state index contributed by atoms with van der Waals surface area (Å²) >= 11 is 0. The van der Waals surface area contributed by atoms with Crippen LogP contribution in [0.4, 0.5) is 5.82 Å². The Morgan fingerprint density at radius 1 is 1.03 bits per heavy atom. The maximum absolute atomic E-state index is 13.0. The molecule has 4 rings (SSSR count). The highest BCUT2D eigenvalue weighted by atomic mass is 32.2. The van der Waals surface area contributed by atoms with E-state index in [0.717, 1.165) is 11.4 Å². The lowest BCUT2D eigenvalue weighted by atomic mass is 10.2. The van der Waals surface area contributed by atoms with Crippen molar-refractivity contribution in [2.45, 2.75) is 37.9 Å². The van der Waals surface area contributed by atoms with Crippen LogP contribution in [0.25, 0.3) is 5.69 Å². The van der Waals surface area contributed by atoms with Crippen molar-refractivity contribution >= 4 is 21.7 Å². The number of carbonyl (C=O) groups excluding carboxylic acids is 1. The van der Waals surface area contributed by atoms with Crippen molar-refractivity contribution in [3.63, 3.8) is 0 Å². The lowest BCUT2D eigenvalue weighted by molar-refractivity contribution is -0.0440. The number of rotatable bonds is 5. The van der Waals surface area contributed by atoms with Gasteiger partial charge < -0.3 is 10.1 Å². The van der Waals surface area contributed by atoms with Crippen LogP contribution in [0.15, 0.2) is 65.6 Å². The summed E-state index contributed by atoms with van der Waals surface area (Å²) in [6.45, 7) is 6.17. The number of benzene rings is 2. The van der Waals surface area contributed by atoms with Gasteiger partial charge >= 0.3 is 0 Å². The second-order valence-electron chi connectivity index (χ2n) is 7.98. The maximum atomic E-state index is 13.0. The average molecular weight is 455 g/mol. The van der Waals surface area contributed by atoms with Gasteiger partial charge in [-0.2, -0.15) is 9.40 Å². The fourth-order valence-electron chi connectivity index (χ4n) is 3.80. The SMILES string of the molecule is Cc1cc(NC(=O)c2ccc(S(=O)(=O)N3CC(C)OC(C)C3)cc2)n(-c2ccccc2)n1. The number of para-hydroxylation sites is 1. The quantitative estimate of drug-likeness (QED) is 0.639. The number of sulfonamides is 1. The van der Waals surface area contributed by atoms with Gasteiger partial charge in [-0.3, -0.25) is 4.79 Å². The summed E-state index contributed by atoms with van der Waals surface area (Å²) in [7, 11) is -3.66. The number of ether oxygens (including phenoxy) is 1. The van der Waals surface area contributed by atoms with Gasteiger partial charge in [-0.25, -0.2) is 13.1 Å². The zero-order valence-electron chi connectivity index (χ0n) is 18.2. The number of aryl methyl sites for hydroxylation is 1.